The van der Waals surface area contributed by atoms with Crippen molar-refractivity contribution in [2.45, 2.75) is 39.2 Å². The summed E-state index contributed by atoms with van der Waals surface area (Å²) < 4.78 is 0. The Morgan fingerprint density at radius 1 is 1.25 bits per heavy atom. The maximum Gasteiger partial charge on any atom is 0.290 e. The van der Waals surface area contributed by atoms with Gasteiger partial charge in [-0.05, 0) is 50.3 Å². The third kappa shape index (κ3) is 7.48. The van der Waals surface area contributed by atoms with Gasteiger partial charge in [-0.3, -0.25) is 14.5 Å². The molecule has 2 aromatic rings. The molecule has 1 aliphatic heterocycles. The Labute approximate surface area is 165 Å². The summed E-state index contributed by atoms with van der Waals surface area (Å²) in [5, 5.41) is 10.1. The summed E-state index contributed by atoms with van der Waals surface area (Å²) >= 11 is 0. The van der Waals surface area contributed by atoms with Crippen LogP contribution in [0.15, 0.2) is 35.5 Å². The fraction of sp³-hybridized carbons (Fsp3) is 0.500. The van der Waals surface area contributed by atoms with Gasteiger partial charge in [-0.2, -0.15) is 0 Å². The highest BCUT2D eigenvalue weighted by Gasteiger charge is 2.19. The first-order valence-corrected chi connectivity index (χ1v) is 9.67. The maximum atomic E-state index is 11.1. The van der Waals surface area contributed by atoms with E-state index < -0.39 is 0 Å². The highest BCUT2D eigenvalue weighted by atomic mass is 16.3. The van der Waals surface area contributed by atoms with Crippen molar-refractivity contribution < 1.29 is 9.90 Å². The zero-order valence-electron chi connectivity index (χ0n) is 16.3. The monoisotopic (exact) mass is 387 g/mol. The minimum atomic E-state index is -0.250. The van der Waals surface area contributed by atoms with Gasteiger partial charge in [0.15, 0.2) is 0 Å². The van der Waals surface area contributed by atoms with E-state index >= 15 is 0 Å². The minimum Gasteiger partial charge on any atom is -0.483 e. The summed E-state index contributed by atoms with van der Waals surface area (Å²) in [4.78, 5) is 33.5. The molecule has 0 radical (unpaired) electrons. The molecule has 0 saturated carbocycles. The lowest BCUT2D eigenvalue weighted by Gasteiger charge is -2.31. The van der Waals surface area contributed by atoms with E-state index in [9.17, 15) is 4.79 Å². The van der Waals surface area contributed by atoms with Gasteiger partial charge in [-0.1, -0.05) is 13.0 Å². The summed E-state index contributed by atoms with van der Waals surface area (Å²) in [6.45, 7) is 5.90. The highest BCUT2D eigenvalue weighted by Crippen LogP contribution is 2.22. The molecule has 152 valence electrons. The second-order valence-electron chi connectivity index (χ2n) is 6.93. The Morgan fingerprint density at radius 2 is 1.93 bits per heavy atom. The third-order valence-electron chi connectivity index (χ3n) is 4.72. The smallest absolute Gasteiger partial charge is 0.290 e. The molecule has 0 spiro atoms. The molecule has 0 unspecified atom stereocenters. The molecular weight excluding hydrogens is 358 g/mol. The SMILES string of the molecule is CCCNc1ncc(CN2CCC(Cc3ccc(=O)[nH]c3)CC2)cn1.O=CO. The molecule has 0 aliphatic carbocycles. The first-order valence-electron chi connectivity index (χ1n) is 9.67. The number of pyridine rings is 1. The first-order chi connectivity index (χ1) is 13.6. The Bertz CT molecular complexity index is 735. The van der Waals surface area contributed by atoms with Crippen LogP contribution >= 0.6 is 0 Å². The van der Waals surface area contributed by atoms with Crippen LogP contribution in [0.3, 0.4) is 0 Å². The molecule has 0 amide bonds. The van der Waals surface area contributed by atoms with Crippen molar-refractivity contribution in [3.05, 3.63) is 52.2 Å². The number of nitrogens with zero attached hydrogens (tertiary/aromatic N) is 3. The van der Waals surface area contributed by atoms with Crippen LogP contribution in [0.5, 0.6) is 0 Å². The molecule has 0 aromatic carbocycles. The molecule has 0 atom stereocenters. The number of carbonyl (C=O) groups is 1. The molecule has 3 N–H and O–H groups in total. The molecule has 1 saturated heterocycles. The van der Waals surface area contributed by atoms with Gasteiger partial charge < -0.3 is 15.4 Å². The van der Waals surface area contributed by atoms with Crippen LogP contribution < -0.4 is 10.9 Å². The number of rotatable bonds is 7. The lowest BCUT2D eigenvalue weighted by atomic mass is 9.90. The van der Waals surface area contributed by atoms with Crippen molar-refractivity contribution in [3.63, 3.8) is 0 Å². The molecule has 3 heterocycles. The highest BCUT2D eigenvalue weighted by molar-refractivity contribution is 5.32. The summed E-state index contributed by atoms with van der Waals surface area (Å²) in [5.41, 5.74) is 2.36. The van der Waals surface area contributed by atoms with Crippen molar-refractivity contribution in [3.8, 4) is 0 Å². The normalized spacial score (nSPS) is 14.8. The molecule has 8 heteroatoms. The van der Waals surface area contributed by atoms with Crippen LogP contribution in [0.4, 0.5) is 5.95 Å². The van der Waals surface area contributed by atoms with E-state index in [1.54, 1.807) is 6.07 Å². The number of likely N-dealkylation sites (tertiary alicyclic amines) is 1. The fourth-order valence-corrected chi connectivity index (χ4v) is 3.27. The lowest BCUT2D eigenvalue weighted by Crippen LogP contribution is -2.34. The van der Waals surface area contributed by atoms with Crippen LogP contribution in [0.2, 0.25) is 0 Å². The van der Waals surface area contributed by atoms with Gasteiger partial charge in [0.25, 0.3) is 6.47 Å². The second-order valence-corrected chi connectivity index (χ2v) is 6.93. The number of aromatic amines is 1. The summed E-state index contributed by atoms with van der Waals surface area (Å²) in [7, 11) is 0. The van der Waals surface area contributed by atoms with Gasteiger partial charge >= 0.3 is 0 Å². The van der Waals surface area contributed by atoms with Crippen LogP contribution in [0.1, 0.15) is 37.3 Å². The third-order valence-corrected chi connectivity index (χ3v) is 4.72. The summed E-state index contributed by atoms with van der Waals surface area (Å²) in [6.07, 6.45) is 10.2. The molecule has 8 nitrogen and oxygen atoms in total. The largest absolute Gasteiger partial charge is 0.483 e. The van der Waals surface area contributed by atoms with Gasteiger partial charge in [-0.25, -0.2) is 9.97 Å². The average molecular weight is 387 g/mol. The molecule has 2 aromatic heterocycles. The van der Waals surface area contributed by atoms with E-state index in [1.165, 1.54) is 24.0 Å². The van der Waals surface area contributed by atoms with Crippen LogP contribution in [0, 0.1) is 5.92 Å². The fourth-order valence-electron chi connectivity index (χ4n) is 3.27. The molecule has 1 fully saturated rings. The van der Waals surface area contributed by atoms with Crippen molar-refractivity contribution in [1.82, 2.24) is 19.9 Å². The summed E-state index contributed by atoms with van der Waals surface area (Å²) in [5.74, 6) is 1.41. The van der Waals surface area contributed by atoms with E-state index in [-0.39, 0.29) is 12.0 Å². The number of nitrogens with one attached hydrogen (secondary N) is 2. The van der Waals surface area contributed by atoms with Gasteiger partial charge in [0.1, 0.15) is 0 Å². The van der Waals surface area contributed by atoms with Gasteiger partial charge in [0.2, 0.25) is 11.5 Å². The zero-order chi connectivity index (χ0) is 20.2. The van der Waals surface area contributed by atoms with Crippen LogP contribution in [-0.4, -0.2) is 51.1 Å². The lowest BCUT2D eigenvalue weighted by molar-refractivity contribution is -0.122. The van der Waals surface area contributed by atoms with Crippen molar-refractivity contribution >= 4 is 12.4 Å². The average Bonchev–Trinajstić information content (AvgIpc) is 2.71. The quantitative estimate of drug-likeness (QED) is 0.624. The van der Waals surface area contributed by atoms with E-state index in [0.29, 0.717) is 11.9 Å². The van der Waals surface area contributed by atoms with Gasteiger partial charge in [-0.15, -0.1) is 0 Å². The Hall–Kier alpha value is -2.74. The Kier molecular flexibility index (Phi) is 9.14. The van der Waals surface area contributed by atoms with Gasteiger partial charge in [0.05, 0.1) is 0 Å². The molecule has 28 heavy (non-hydrogen) atoms. The number of hydrogen-bond acceptors (Lipinski definition) is 6. The van der Waals surface area contributed by atoms with Gasteiger partial charge in [0, 0.05) is 43.3 Å². The molecule has 1 aliphatic rings. The van der Waals surface area contributed by atoms with E-state index in [1.807, 2.05) is 24.7 Å². The standard InChI is InChI=1S/C19H27N5O.CH2O2/c1-2-7-20-19-22-12-17(13-23-19)14-24-8-5-15(6-9-24)10-16-3-4-18(25)21-11-16;2-1-3/h3-4,11-13,15H,2,5-10,14H2,1H3,(H,21,25)(H,20,22,23);1H,(H,2,3). The topological polar surface area (TPSA) is 111 Å². The Morgan fingerprint density at radius 3 is 2.50 bits per heavy atom. The number of piperidine rings is 1. The zero-order valence-corrected chi connectivity index (χ0v) is 16.3. The first kappa shape index (κ1) is 21.6. The predicted molar refractivity (Wildman–Crippen MR) is 108 cm³/mol. The van der Waals surface area contributed by atoms with Crippen LogP contribution in [-0.2, 0) is 17.8 Å². The number of aromatic nitrogens is 3. The molecular formula is C20H29N5O3. The molecule has 0 bridgehead atoms. The summed E-state index contributed by atoms with van der Waals surface area (Å²) in [6, 6.07) is 3.56. The van der Waals surface area contributed by atoms with Crippen molar-refractivity contribution in [2.75, 3.05) is 25.0 Å². The van der Waals surface area contributed by atoms with Crippen LogP contribution in [0.25, 0.3) is 0 Å². The van der Waals surface area contributed by atoms with E-state index in [0.717, 1.165) is 39.0 Å². The predicted octanol–water partition coefficient (Wildman–Crippen LogP) is 2.14. The number of anilines is 1. The maximum absolute atomic E-state index is 11.1. The number of H-pyrrole nitrogens is 1. The minimum absolute atomic E-state index is 0.0308. The Balaban J connectivity index is 0.000000878. The van der Waals surface area contributed by atoms with E-state index in [2.05, 4.69) is 32.1 Å². The second kappa shape index (κ2) is 11.9. The van der Waals surface area contributed by atoms with Crippen molar-refractivity contribution in [1.29, 1.82) is 0 Å². The molecule has 3 rings (SSSR count). The van der Waals surface area contributed by atoms with Crippen molar-refractivity contribution in [2.24, 2.45) is 5.92 Å². The van der Waals surface area contributed by atoms with E-state index in [4.69, 9.17) is 9.90 Å². The number of carboxylic acid groups (broad SMARTS) is 1. The number of hydrogen-bond donors (Lipinski definition) is 3.